The van der Waals surface area contributed by atoms with Crippen molar-refractivity contribution in [1.82, 2.24) is 4.31 Å². The fourth-order valence-corrected chi connectivity index (χ4v) is 3.10. The van der Waals surface area contributed by atoms with Crippen LogP contribution in [0.25, 0.3) is 0 Å². The van der Waals surface area contributed by atoms with E-state index in [1.165, 1.54) is 17.5 Å². The van der Waals surface area contributed by atoms with Crippen LogP contribution >= 0.6 is 0 Å². The maximum absolute atomic E-state index is 12.4. The van der Waals surface area contributed by atoms with Gasteiger partial charge in [0.1, 0.15) is 11.3 Å². The van der Waals surface area contributed by atoms with Gasteiger partial charge >= 0.3 is 5.97 Å². The van der Waals surface area contributed by atoms with E-state index in [-0.39, 0.29) is 24.6 Å². The number of hydrogen-bond acceptors (Lipinski definition) is 5. The molecule has 0 spiro atoms. The second-order valence-corrected chi connectivity index (χ2v) is 5.91. The van der Waals surface area contributed by atoms with E-state index in [0.717, 1.165) is 12.1 Å². The monoisotopic (exact) mass is 303 g/mol. The zero-order valence-electron chi connectivity index (χ0n) is 11.2. The number of aromatic hydroxyl groups is 1. The van der Waals surface area contributed by atoms with Crippen LogP contribution in [0, 0.1) is 0 Å². The summed E-state index contributed by atoms with van der Waals surface area (Å²) in [5.41, 5.74) is -0.450. The molecule has 112 valence electrons. The number of sulfonamides is 1. The zero-order chi connectivity index (χ0) is 15.3. The third-order valence-corrected chi connectivity index (χ3v) is 4.70. The van der Waals surface area contributed by atoms with Gasteiger partial charge < -0.3 is 14.9 Å². The summed E-state index contributed by atoms with van der Waals surface area (Å²) in [6, 6.07) is 3.18. The standard InChI is InChI=1S/C12H17NO6S/c1-3-13(6-7-19-2)20(17,18)9-4-5-11(14)10(8-9)12(15)16/h4-5,8,14H,3,6-7H2,1-2H3,(H,15,16). The maximum atomic E-state index is 12.4. The number of benzene rings is 1. The lowest BCUT2D eigenvalue weighted by Crippen LogP contribution is -2.33. The first-order chi connectivity index (χ1) is 9.34. The maximum Gasteiger partial charge on any atom is 0.339 e. The largest absolute Gasteiger partial charge is 0.507 e. The van der Waals surface area contributed by atoms with E-state index in [1.807, 2.05) is 0 Å². The smallest absolute Gasteiger partial charge is 0.339 e. The Bertz CT molecular complexity index is 584. The Hall–Kier alpha value is -1.64. The molecule has 0 amide bonds. The van der Waals surface area contributed by atoms with Crippen molar-refractivity contribution in [1.29, 1.82) is 0 Å². The van der Waals surface area contributed by atoms with Gasteiger partial charge in [-0.15, -0.1) is 0 Å². The van der Waals surface area contributed by atoms with Crippen LogP contribution in [0.2, 0.25) is 0 Å². The highest BCUT2D eigenvalue weighted by atomic mass is 32.2. The Morgan fingerprint density at radius 1 is 1.40 bits per heavy atom. The van der Waals surface area contributed by atoms with Crippen LogP contribution in [0.15, 0.2) is 23.1 Å². The van der Waals surface area contributed by atoms with Gasteiger partial charge in [0.15, 0.2) is 0 Å². The number of aromatic carboxylic acids is 1. The van der Waals surface area contributed by atoms with Gasteiger partial charge in [-0.3, -0.25) is 0 Å². The van der Waals surface area contributed by atoms with Crippen LogP contribution in [-0.2, 0) is 14.8 Å². The molecule has 0 aliphatic heterocycles. The normalized spacial score (nSPS) is 11.8. The molecule has 0 bridgehead atoms. The topological polar surface area (TPSA) is 104 Å². The number of rotatable bonds is 7. The molecule has 0 fully saturated rings. The van der Waals surface area contributed by atoms with E-state index < -0.39 is 27.3 Å². The summed E-state index contributed by atoms with van der Waals surface area (Å²) in [7, 11) is -2.36. The van der Waals surface area contributed by atoms with E-state index in [1.54, 1.807) is 6.92 Å². The van der Waals surface area contributed by atoms with Crippen molar-refractivity contribution in [3.8, 4) is 5.75 Å². The van der Waals surface area contributed by atoms with Crippen molar-refractivity contribution in [2.24, 2.45) is 0 Å². The summed E-state index contributed by atoms with van der Waals surface area (Å²) in [4.78, 5) is 10.7. The molecular formula is C12H17NO6S. The summed E-state index contributed by atoms with van der Waals surface area (Å²) in [6.45, 7) is 2.30. The van der Waals surface area contributed by atoms with Gasteiger partial charge in [-0.1, -0.05) is 6.92 Å². The van der Waals surface area contributed by atoms with Gasteiger partial charge in [-0.2, -0.15) is 4.31 Å². The van der Waals surface area contributed by atoms with Gasteiger partial charge in [0.05, 0.1) is 11.5 Å². The quantitative estimate of drug-likeness (QED) is 0.770. The molecule has 0 heterocycles. The van der Waals surface area contributed by atoms with Crippen LogP contribution in [0.3, 0.4) is 0 Å². The average molecular weight is 303 g/mol. The summed E-state index contributed by atoms with van der Waals surface area (Å²) in [5, 5.41) is 18.3. The first-order valence-electron chi connectivity index (χ1n) is 5.90. The molecule has 0 radical (unpaired) electrons. The minimum Gasteiger partial charge on any atom is -0.507 e. The van der Waals surface area contributed by atoms with Gasteiger partial charge in [0.2, 0.25) is 10.0 Å². The van der Waals surface area contributed by atoms with E-state index in [2.05, 4.69) is 0 Å². The molecule has 2 N–H and O–H groups in total. The van der Waals surface area contributed by atoms with Crippen LogP contribution in [0.4, 0.5) is 0 Å². The summed E-state index contributed by atoms with van der Waals surface area (Å²) >= 11 is 0. The van der Waals surface area contributed by atoms with Crippen molar-refractivity contribution in [3.63, 3.8) is 0 Å². The Morgan fingerprint density at radius 2 is 2.05 bits per heavy atom. The van der Waals surface area contributed by atoms with Crippen LogP contribution in [0.5, 0.6) is 5.75 Å². The first-order valence-corrected chi connectivity index (χ1v) is 7.34. The fraction of sp³-hybridized carbons (Fsp3) is 0.417. The second-order valence-electron chi connectivity index (χ2n) is 3.97. The van der Waals surface area contributed by atoms with E-state index >= 15 is 0 Å². The molecular weight excluding hydrogens is 286 g/mol. The number of ether oxygens (including phenoxy) is 1. The molecule has 20 heavy (non-hydrogen) atoms. The number of carbonyl (C=O) groups is 1. The molecule has 1 rings (SSSR count). The lowest BCUT2D eigenvalue weighted by atomic mass is 10.2. The number of carboxylic acid groups (broad SMARTS) is 1. The Kier molecular flexibility index (Phi) is 5.49. The van der Waals surface area contributed by atoms with Crippen molar-refractivity contribution in [3.05, 3.63) is 23.8 Å². The number of likely N-dealkylation sites (N-methyl/N-ethyl adjacent to an activating group) is 1. The molecule has 0 aliphatic carbocycles. The number of methoxy groups -OCH3 is 1. The molecule has 0 atom stereocenters. The van der Waals surface area contributed by atoms with Crippen LogP contribution in [0.1, 0.15) is 17.3 Å². The van der Waals surface area contributed by atoms with Crippen molar-refractivity contribution >= 4 is 16.0 Å². The van der Waals surface area contributed by atoms with E-state index in [0.29, 0.717) is 0 Å². The molecule has 8 heteroatoms. The molecule has 7 nitrogen and oxygen atoms in total. The van der Waals surface area contributed by atoms with E-state index in [9.17, 15) is 18.3 Å². The molecule has 1 aromatic rings. The van der Waals surface area contributed by atoms with Crippen molar-refractivity contribution < 1.29 is 28.2 Å². The number of nitrogens with zero attached hydrogens (tertiary/aromatic N) is 1. The highest BCUT2D eigenvalue weighted by molar-refractivity contribution is 7.89. The predicted octanol–water partition coefficient (Wildman–Crippen LogP) is 0.747. The molecule has 0 aliphatic rings. The first kappa shape index (κ1) is 16.4. The fourth-order valence-electron chi connectivity index (χ4n) is 1.64. The highest BCUT2D eigenvalue weighted by Gasteiger charge is 2.24. The number of phenols is 1. The zero-order valence-corrected chi connectivity index (χ0v) is 12.1. The summed E-state index contributed by atoms with van der Waals surface area (Å²) in [6.07, 6.45) is 0. The Balaban J connectivity index is 3.20. The molecule has 0 aromatic heterocycles. The van der Waals surface area contributed by atoms with Crippen LogP contribution in [-0.4, -0.2) is 55.7 Å². The average Bonchev–Trinajstić information content (AvgIpc) is 2.39. The highest BCUT2D eigenvalue weighted by Crippen LogP contribution is 2.23. The molecule has 0 saturated carbocycles. The third kappa shape index (κ3) is 3.47. The summed E-state index contributed by atoms with van der Waals surface area (Å²) in [5.74, 6) is -1.86. The van der Waals surface area contributed by atoms with E-state index in [4.69, 9.17) is 9.84 Å². The Morgan fingerprint density at radius 3 is 2.55 bits per heavy atom. The van der Waals surface area contributed by atoms with Gasteiger partial charge in [0.25, 0.3) is 0 Å². The third-order valence-electron chi connectivity index (χ3n) is 2.73. The number of carboxylic acids is 1. The van der Waals surface area contributed by atoms with Crippen LogP contribution < -0.4 is 0 Å². The molecule has 1 aromatic carbocycles. The number of hydrogen-bond donors (Lipinski definition) is 2. The minimum atomic E-state index is -3.82. The Labute approximate surface area is 117 Å². The van der Waals surface area contributed by atoms with Gasteiger partial charge in [-0.05, 0) is 18.2 Å². The van der Waals surface area contributed by atoms with Crippen molar-refractivity contribution in [2.45, 2.75) is 11.8 Å². The van der Waals surface area contributed by atoms with Gasteiger partial charge in [0, 0.05) is 20.2 Å². The lowest BCUT2D eigenvalue weighted by Gasteiger charge is -2.20. The molecule has 0 saturated heterocycles. The minimum absolute atomic E-state index is 0.165. The van der Waals surface area contributed by atoms with Crippen molar-refractivity contribution in [2.75, 3.05) is 26.8 Å². The molecule has 0 unspecified atom stereocenters. The lowest BCUT2D eigenvalue weighted by molar-refractivity contribution is 0.0693. The SMILES string of the molecule is CCN(CCOC)S(=O)(=O)c1ccc(O)c(C(=O)O)c1. The predicted molar refractivity (Wildman–Crippen MR) is 71.4 cm³/mol. The summed E-state index contributed by atoms with van der Waals surface area (Å²) < 4.78 is 30.7. The second kappa shape index (κ2) is 6.69. The van der Waals surface area contributed by atoms with Gasteiger partial charge in [-0.25, -0.2) is 13.2 Å².